The van der Waals surface area contributed by atoms with Crippen LogP contribution in [0.15, 0.2) is 53.3 Å². The van der Waals surface area contributed by atoms with Crippen molar-refractivity contribution in [3.8, 4) is 34.4 Å². The molecule has 0 aliphatic rings. The molecule has 172 valence electrons. The molecule has 0 bridgehead atoms. The molecule has 4 rings (SSSR count). The number of benzene rings is 2. The second-order valence-corrected chi connectivity index (χ2v) is 7.81. The lowest BCUT2D eigenvalue weighted by Crippen LogP contribution is -2.30. The van der Waals surface area contributed by atoms with Gasteiger partial charge in [-0.3, -0.25) is 9.36 Å². The highest BCUT2D eigenvalue weighted by Gasteiger charge is 2.18. The average Bonchev–Trinajstić information content (AvgIpc) is 3.51. The van der Waals surface area contributed by atoms with Crippen LogP contribution in [0.1, 0.15) is 49.3 Å². The number of rotatable bonds is 8. The van der Waals surface area contributed by atoms with E-state index in [1.54, 1.807) is 6.92 Å². The molecule has 2 aromatic carbocycles. The van der Waals surface area contributed by atoms with Crippen LogP contribution in [0, 0.1) is 11.8 Å². The first-order valence-corrected chi connectivity index (χ1v) is 11.2. The number of tetrazole rings is 1. The topological polar surface area (TPSA) is 111 Å². The van der Waals surface area contributed by atoms with E-state index in [1.807, 2.05) is 55.5 Å². The molecular weight excluding hydrogens is 430 g/mol. The summed E-state index contributed by atoms with van der Waals surface area (Å²) in [5, 5.41) is 18.4. The standard InChI is InChI=1S/C25H25N7O2/c1-3-5-10-22-28-32(23(33)11-6-4-2)25(34)31(22)17-18-12-14-19(15-13-18)20-8-7-9-21(16-20)24-26-29-30-27-24/h7-9,12-16H,4,6,10-11,17H2,1-2H3,(H,26,27,29,30). The number of unbranched alkanes of at least 4 members (excludes halogenated alkanes) is 1. The number of hydrogen-bond donors (Lipinski definition) is 1. The maximum atomic E-state index is 13.0. The Morgan fingerprint density at radius 1 is 1.09 bits per heavy atom. The van der Waals surface area contributed by atoms with E-state index in [4.69, 9.17) is 0 Å². The molecule has 0 radical (unpaired) electrons. The van der Waals surface area contributed by atoms with E-state index in [9.17, 15) is 9.59 Å². The summed E-state index contributed by atoms with van der Waals surface area (Å²) in [5.74, 6) is 6.51. The molecule has 0 atom stereocenters. The molecule has 34 heavy (non-hydrogen) atoms. The van der Waals surface area contributed by atoms with Crippen molar-refractivity contribution in [2.24, 2.45) is 0 Å². The number of aromatic amines is 1. The molecule has 9 heteroatoms. The quantitative estimate of drug-likeness (QED) is 0.408. The fourth-order valence-electron chi connectivity index (χ4n) is 3.60. The van der Waals surface area contributed by atoms with Gasteiger partial charge in [0.2, 0.25) is 5.82 Å². The van der Waals surface area contributed by atoms with Crippen molar-refractivity contribution < 1.29 is 4.79 Å². The van der Waals surface area contributed by atoms with Crippen molar-refractivity contribution in [1.82, 2.24) is 35.0 Å². The van der Waals surface area contributed by atoms with Gasteiger partial charge in [0.15, 0.2) is 0 Å². The second kappa shape index (κ2) is 10.5. The van der Waals surface area contributed by atoms with Crippen LogP contribution in [-0.2, 0) is 13.0 Å². The van der Waals surface area contributed by atoms with E-state index in [0.29, 0.717) is 31.0 Å². The molecule has 9 nitrogen and oxygen atoms in total. The van der Waals surface area contributed by atoms with Crippen LogP contribution in [0.3, 0.4) is 0 Å². The van der Waals surface area contributed by atoms with Crippen molar-refractivity contribution in [1.29, 1.82) is 0 Å². The van der Waals surface area contributed by atoms with Gasteiger partial charge in [0.25, 0.3) is 5.91 Å². The summed E-state index contributed by atoms with van der Waals surface area (Å²) >= 11 is 0. The van der Waals surface area contributed by atoms with Gasteiger partial charge in [0.05, 0.1) is 13.0 Å². The van der Waals surface area contributed by atoms with Crippen LogP contribution >= 0.6 is 0 Å². The van der Waals surface area contributed by atoms with Crippen molar-refractivity contribution in [2.45, 2.75) is 46.1 Å². The van der Waals surface area contributed by atoms with Gasteiger partial charge < -0.3 is 0 Å². The summed E-state index contributed by atoms with van der Waals surface area (Å²) in [6.07, 6.45) is 2.20. The molecule has 2 heterocycles. The number of aromatic nitrogens is 7. The van der Waals surface area contributed by atoms with Crippen LogP contribution in [0.5, 0.6) is 0 Å². The van der Waals surface area contributed by atoms with Gasteiger partial charge in [-0.15, -0.1) is 25.9 Å². The Labute approximate surface area is 196 Å². The molecule has 0 aliphatic heterocycles. The van der Waals surface area contributed by atoms with Gasteiger partial charge in [-0.1, -0.05) is 61.7 Å². The molecule has 0 saturated carbocycles. The third-order valence-corrected chi connectivity index (χ3v) is 5.44. The van der Waals surface area contributed by atoms with Gasteiger partial charge in [-0.2, -0.15) is 5.21 Å². The summed E-state index contributed by atoms with van der Waals surface area (Å²) in [6.45, 7) is 4.05. The van der Waals surface area contributed by atoms with E-state index in [0.717, 1.165) is 39.8 Å². The zero-order chi connectivity index (χ0) is 23.9. The Hall–Kier alpha value is -4.32. The van der Waals surface area contributed by atoms with Gasteiger partial charge in [-0.05, 0) is 41.3 Å². The van der Waals surface area contributed by atoms with Crippen LogP contribution in [0.4, 0.5) is 0 Å². The molecule has 0 saturated heterocycles. The summed E-state index contributed by atoms with van der Waals surface area (Å²) in [5.41, 5.74) is 3.39. The third-order valence-electron chi connectivity index (χ3n) is 5.44. The van der Waals surface area contributed by atoms with E-state index in [1.165, 1.54) is 4.57 Å². The minimum absolute atomic E-state index is 0.284. The van der Waals surface area contributed by atoms with Gasteiger partial charge in [-0.25, -0.2) is 4.79 Å². The van der Waals surface area contributed by atoms with Crippen LogP contribution < -0.4 is 5.69 Å². The summed E-state index contributed by atoms with van der Waals surface area (Å²) < 4.78 is 2.51. The molecule has 1 N–H and O–H groups in total. The molecule has 0 fully saturated rings. The minimum Gasteiger partial charge on any atom is -0.273 e. The molecule has 0 unspecified atom stereocenters. The SMILES string of the molecule is CC#CCc1nn(C(=O)CCCC)c(=O)n1Cc1ccc(-c2cccc(-c3nn[nH]n3)c2)cc1. The molecule has 4 aromatic rings. The Morgan fingerprint density at radius 2 is 1.88 bits per heavy atom. The first kappa shape index (κ1) is 22.9. The predicted octanol–water partition coefficient (Wildman–Crippen LogP) is 3.34. The monoisotopic (exact) mass is 455 g/mol. The van der Waals surface area contributed by atoms with Crippen LogP contribution in [0.2, 0.25) is 0 Å². The maximum Gasteiger partial charge on any atom is 0.353 e. The van der Waals surface area contributed by atoms with Gasteiger partial charge >= 0.3 is 5.69 Å². The van der Waals surface area contributed by atoms with Gasteiger partial charge in [0.1, 0.15) is 5.82 Å². The third kappa shape index (κ3) is 5.02. The van der Waals surface area contributed by atoms with Crippen molar-refractivity contribution >= 4 is 5.91 Å². The zero-order valence-corrected chi connectivity index (χ0v) is 19.2. The Bertz CT molecular complexity index is 1390. The lowest BCUT2D eigenvalue weighted by molar-refractivity contribution is 0.0878. The fourth-order valence-corrected chi connectivity index (χ4v) is 3.60. The normalized spacial score (nSPS) is 10.6. The number of nitrogens with zero attached hydrogens (tertiary/aromatic N) is 6. The number of H-pyrrole nitrogens is 1. The average molecular weight is 456 g/mol. The Balaban J connectivity index is 1.59. The lowest BCUT2D eigenvalue weighted by Gasteiger charge is -2.07. The lowest BCUT2D eigenvalue weighted by atomic mass is 10.0. The maximum absolute atomic E-state index is 13.0. The number of nitrogens with one attached hydrogen (secondary N) is 1. The van der Waals surface area contributed by atoms with E-state index < -0.39 is 5.69 Å². The summed E-state index contributed by atoms with van der Waals surface area (Å²) in [4.78, 5) is 25.4. The second-order valence-electron chi connectivity index (χ2n) is 7.81. The smallest absolute Gasteiger partial charge is 0.273 e. The molecule has 0 aliphatic carbocycles. The highest BCUT2D eigenvalue weighted by atomic mass is 16.2. The van der Waals surface area contributed by atoms with Crippen molar-refractivity contribution in [3.63, 3.8) is 0 Å². The van der Waals surface area contributed by atoms with Crippen molar-refractivity contribution in [3.05, 3.63) is 70.4 Å². The highest BCUT2D eigenvalue weighted by molar-refractivity contribution is 5.77. The molecule has 0 amide bonds. The largest absolute Gasteiger partial charge is 0.353 e. The summed E-state index contributed by atoms with van der Waals surface area (Å²) in [6, 6.07) is 15.8. The first-order valence-electron chi connectivity index (χ1n) is 11.2. The number of carbonyl (C=O) groups is 1. The highest BCUT2D eigenvalue weighted by Crippen LogP contribution is 2.24. The van der Waals surface area contributed by atoms with E-state index in [2.05, 4.69) is 37.6 Å². The molecule has 0 spiro atoms. The first-order chi connectivity index (χ1) is 16.6. The molecular formula is C25H25N7O2. The van der Waals surface area contributed by atoms with E-state index >= 15 is 0 Å². The van der Waals surface area contributed by atoms with E-state index in [-0.39, 0.29) is 5.91 Å². The number of carbonyl (C=O) groups excluding carboxylic acids is 1. The van der Waals surface area contributed by atoms with Gasteiger partial charge in [0, 0.05) is 12.0 Å². The zero-order valence-electron chi connectivity index (χ0n) is 19.2. The predicted molar refractivity (Wildman–Crippen MR) is 128 cm³/mol. The number of hydrogen-bond acceptors (Lipinski definition) is 6. The molecule has 2 aromatic heterocycles. The Kier molecular flexibility index (Phi) is 7.08. The summed E-state index contributed by atoms with van der Waals surface area (Å²) in [7, 11) is 0. The van der Waals surface area contributed by atoms with Crippen molar-refractivity contribution in [2.75, 3.05) is 0 Å². The van der Waals surface area contributed by atoms with Crippen LogP contribution in [-0.4, -0.2) is 40.9 Å². The fraction of sp³-hybridized carbons (Fsp3) is 0.280. The van der Waals surface area contributed by atoms with Crippen LogP contribution in [0.25, 0.3) is 22.5 Å². The Morgan fingerprint density at radius 3 is 2.59 bits per heavy atom. The minimum atomic E-state index is -0.425.